The van der Waals surface area contributed by atoms with E-state index in [2.05, 4.69) is 16.0 Å². The van der Waals surface area contributed by atoms with Crippen LogP contribution in [-0.2, 0) is 9.53 Å². The molecule has 7 heteroatoms. The van der Waals surface area contributed by atoms with Crippen molar-refractivity contribution in [1.82, 2.24) is 10.6 Å². The molecular weight excluding hydrogens is 342 g/mol. The summed E-state index contributed by atoms with van der Waals surface area (Å²) in [5.41, 5.74) is 0.111. The number of carbonyl (C=O) groups excluding carboxylic acids is 2. The number of ether oxygens (including phenoxy) is 1. The standard InChI is InChI=1S/C18H26ClN3O3/c1-12(2)11-21-16(23)14-5-4-13(10-15(14)19)22-17(24)18(25-3)6-8-20-9-7-18/h4-5,10,12,20H,6-9,11H2,1-3H3,(H,21,23)(H,22,24). The van der Waals surface area contributed by atoms with Crippen LogP contribution in [0.1, 0.15) is 37.0 Å². The molecule has 0 saturated carbocycles. The molecule has 3 N–H and O–H groups in total. The SMILES string of the molecule is COC1(C(=O)Nc2ccc(C(=O)NCC(C)C)c(Cl)c2)CCNCC1. The Morgan fingerprint density at radius 1 is 1.32 bits per heavy atom. The fraction of sp³-hybridized carbons (Fsp3) is 0.556. The Hall–Kier alpha value is -1.63. The number of amides is 2. The second-order valence-corrected chi connectivity index (χ2v) is 7.11. The van der Waals surface area contributed by atoms with Gasteiger partial charge >= 0.3 is 0 Å². The number of piperidine rings is 1. The van der Waals surface area contributed by atoms with Gasteiger partial charge in [0.2, 0.25) is 0 Å². The number of hydrogen-bond acceptors (Lipinski definition) is 4. The van der Waals surface area contributed by atoms with Gasteiger partial charge in [0.05, 0.1) is 10.6 Å². The number of halogens is 1. The van der Waals surface area contributed by atoms with Crippen molar-refractivity contribution in [3.8, 4) is 0 Å². The third kappa shape index (κ3) is 4.93. The highest BCUT2D eigenvalue weighted by molar-refractivity contribution is 6.34. The van der Waals surface area contributed by atoms with Gasteiger partial charge in [-0.3, -0.25) is 9.59 Å². The van der Waals surface area contributed by atoms with E-state index in [1.165, 1.54) is 0 Å². The summed E-state index contributed by atoms with van der Waals surface area (Å²) in [7, 11) is 1.56. The fourth-order valence-electron chi connectivity index (χ4n) is 2.77. The van der Waals surface area contributed by atoms with Crippen LogP contribution in [0.5, 0.6) is 0 Å². The van der Waals surface area contributed by atoms with Gasteiger partial charge in [-0.2, -0.15) is 0 Å². The molecule has 1 aromatic rings. The largest absolute Gasteiger partial charge is 0.368 e. The first-order valence-electron chi connectivity index (χ1n) is 8.53. The minimum Gasteiger partial charge on any atom is -0.368 e. The van der Waals surface area contributed by atoms with E-state index in [9.17, 15) is 9.59 Å². The predicted octanol–water partition coefficient (Wildman–Crippen LogP) is 2.43. The van der Waals surface area contributed by atoms with Crippen LogP contribution in [0.25, 0.3) is 0 Å². The molecule has 0 radical (unpaired) electrons. The van der Waals surface area contributed by atoms with Crippen LogP contribution in [0.15, 0.2) is 18.2 Å². The second kappa shape index (κ2) is 8.65. The number of anilines is 1. The Balaban J connectivity index is 2.07. The molecule has 138 valence electrons. The lowest BCUT2D eigenvalue weighted by Gasteiger charge is -2.34. The topological polar surface area (TPSA) is 79.5 Å². The third-order valence-corrected chi connectivity index (χ3v) is 4.67. The van der Waals surface area contributed by atoms with Crippen molar-refractivity contribution in [3.05, 3.63) is 28.8 Å². The van der Waals surface area contributed by atoms with Gasteiger partial charge in [-0.25, -0.2) is 0 Å². The van der Waals surface area contributed by atoms with Gasteiger partial charge in [0, 0.05) is 19.3 Å². The highest BCUT2D eigenvalue weighted by atomic mass is 35.5. The average molecular weight is 368 g/mol. The summed E-state index contributed by atoms with van der Waals surface area (Å²) in [5, 5.41) is 9.20. The molecule has 1 saturated heterocycles. The molecule has 0 bridgehead atoms. The molecule has 2 rings (SSSR count). The zero-order valence-corrected chi connectivity index (χ0v) is 15.7. The normalized spacial score (nSPS) is 16.5. The van der Waals surface area contributed by atoms with Crippen molar-refractivity contribution in [3.63, 3.8) is 0 Å². The number of benzene rings is 1. The molecule has 1 aliphatic rings. The van der Waals surface area contributed by atoms with Crippen molar-refractivity contribution in [1.29, 1.82) is 0 Å². The molecule has 0 spiro atoms. The molecule has 2 amide bonds. The minimum atomic E-state index is -0.828. The van der Waals surface area contributed by atoms with E-state index in [0.717, 1.165) is 13.1 Å². The molecule has 1 aromatic carbocycles. The minimum absolute atomic E-state index is 0.190. The van der Waals surface area contributed by atoms with E-state index in [4.69, 9.17) is 16.3 Å². The van der Waals surface area contributed by atoms with Gasteiger partial charge in [-0.15, -0.1) is 0 Å². The number of nitrogens with one attached hydrogen (secondary N) is 3. The maximum absolute atomic E-state index is 12.6. The van der Waals surface area contributed by atoms with Crippen LogP contribution >= 0.6 is 11.6 Å². The first-order chi connectivity index (χ1) is 11.9. The molecular formula is C18H26ClN3O3. The van der Waals surface area contributed by atoms with Gasteiger partial charge in [0.1, 0.15) is 5.60 Å². The molecule has 1 heterocycles. The first kappa shape index (κ1) is 19.7. The van der Waals surface area contributed by atoms with Crippen LogP contribution in [-0.4, -0.2) is 44.2 Å². The summed E-state index contributed by atoms with van der Waals surface area (Å²) in [5.74, 6) is -0.0515. The summed E-state index contributed by atoms with van der Waals surface area (Å²) >= 11 is 6.22. The van der Waals surface area contributed by atoms with Crippen molar-refractivity contribution >= 4 is 29.1 Å². The average Bonchev–Trinajstić information content (AvgIpc) is 2.60. The van der Waals surface area contributed by atoms with Crippen molar-refractivity contribution in [2.75, 3.05) is 32.1 Å². The summed E-state index contributed by atoms with van der Waals surface area (Å²) < 4.78 is 5.51. The van der Waals surface area contributed by atoms with E-state index >= 15 is 0 Å². The fourth-order valence-corrected chi connectivity index (χ4v) is 3.03. The van der Waals surface area contributed by atoms with E-state index in [1.807, 2.05) is 13.8 Å². The maximum Gasteiger partial charge on any atom is 0.256 e. The lowest BCUT2D eigenvalue weighted by Crippen LogP contribution is -2.51. The number of carbonyl (C=O) groups is 2. The number of methoxy groups -OCH3 is 1. The van der Waals surface area contributed by atoms with E-state index < -0.39 is 5.60 Å². The molecule has 0 atom stereocenters. The van der Waals surface area contributed by atoms with Crippen molar-refractivity contribution < 1.29 is 14.3 Å². The second-order valence-electron chi connectivity index (χ2n) is 6.70. The maximum atomic E-state index is 12.6. The first-order valence-corrected chi connectivity index (χ1v) is 8.91. The molecule has 0 aromatic heterocycles. The monoisotopic (exact) mass is 367 g/mol. The van der Waals surface area contributed by atoms with Crippen LogP contribution in [0.4, 0.5) is 5.69 Å². The van der Waals surface area contributed by atoms with Crippen molar-refractivity contribution in [2.45, 2.75) is 32.3 Å². The summed E-state index contributed by atoms with van der Waals surface area (Å²) in [6, 6.07) is 4.89. The highest BCUT2D eigenvalue weighted by Crippen LogP contribution is 2.26. The lowest BCUT2D eigenvalue weighted by atomic mass is 9.91. The molecule has 1 fully saturated rings. The quantitative estimate of drug-likeness (QED) is 0.721. The van der Waals surface area contributed by atoms with Crippen LogP contribution in [0, 0.1) is 5.92 Å². The van der Waals surface area contributed by atoms with Gasteiger partial charge in [-0.05, 0) is 50.0 Å². The molecule has 6 nitrogen and oxygen atoms in total. The lowest BCUT2D eigenvalue weighted by molar-refractivity contribution is -0.140. The molecule has 0 aliphatic carbocycles. The zero-order valence-electron chi connectivity index (χ0n) is 14.9. The van der Waals surface area contributed by atoms with Gasteiger partial charge < -0.3 is 20.7 Å². The van der Waals surface area contributed by atoms with Crippen molar-refractivity contribution in [2.24, 2.45) is 5.92 Å². The van der Waals surface area contributed by atoms with Crippen LogP contribution in [0.3, 0.4) is 0 Å². The predicted molar refractivity (Wildman–Crippen MR) is 99.1 cm³/mol. The van der Waals surface area contributed by atoms with Crippen LogP contribution < -0.4 is 16.0 Å². The zero-order chi connectivity index (χ0) is 18.4. The highest BCUT2D eigenvalue weighted by Gasteiger charge is 2.39. The Kier molecular flexibility index (Phi) is 6.81. The number of hydrogen-bond donors (Lipinski definition) is 3. The molecule has 0 unspecified atom stereocenters. The van der Waals surface area contributed by atoms with E-state index in [0.29, 0.717) is 41.6 Å². The summed E-state index contributed by atoms with van der Waals surface area (Å²) in [6.07, 6.45) is 1.22. The Bertz CT molecular complexity index is 628. The number of rotatable bonds is 6. The molecule has 25 heavy (non-hydrogen) atoms. The smallest absolute Gasteiger partial charge is 0.256 e. The molecule has 1 aliphatic heterocycles. The third-order valence-electron chi connectivity index (χ3n) is 4.36. The van der Waals surface area contributed by atoms with Gasteiger partial charge in [-0.1, -0.05) is 25.4 Å². The summed E-state index contributed by atoms with van der Waals surface area (Å²) in [6.45, 7) is 6.09. The summed E-state index contributed by atoms with van der Waals surface area (Å²) in [4.78, 5) is 24.8. The Morgan fingerprint density at radius 3 is 2.56 bits per heavy atom. The Labute approximate surface area is 153 Å². The van der Waals surface area contributed by atoms with Gasteiger partial charge in [0.25, 0.3) is 11.8 Å². The Morgan fingerprint density at radius 2 is 2.00 bits per heavy atom. The van der Waals surface area contributed by atoms with Gasteiger partial charge in [0.15, 0.2) is 0 Å². The van der Waals surface area contributed by atoms with E-state index in [1.54, 1.807) is 25.3 Å². The van der Waals surface area contributed by atoms with Crippen LogP contribution in [0.2, 0.25) is 5.02 Å². The van der Waals surface area contributed by atoms with E-state index in [-0.39, 0.29) is 11.8 Å².